The van der Waals surface area contributed by atoms with Gasteiger partial charge >= 0.3 is 0 Å². The summed E-state index contributed by atoms with van der Waals surface area (Å²) in [6.07, 6.45) is 2.91. The molecule has 6 heteroatoms. The summed E-state index contributed by atoms with van der Waals surface area (Å²) in [6.45, 7) is 0.478. The number of hydrogen-bond acceptors (Lipinski definition) is 5. The minimum absolute atomic E-state index is 0.0838. The highest BCUT2D eigenvalue weighted by atomic mass is 16.5. The van der Waals surface area contributed by atoms with Crippen LogP contribution >= 0.6 is 0 Å². The van der Waals surface area contributed by atoms with E-state index in [2.05, 4.69) is 9.97 Å². The lowest BCUT2D eigenvalue weighted by Crippen LogP contribution is -2.04. The zero-order valence-corrected chi connectivity index (χ0v) is 20.9. The first-order chi connectivity index (χ1) is 18.1. The number of aromatic amines is 1. The maximum atomic E-state index is 12.9. The van der Waals surface area contributed by atoms with Gasteiger partial charge in [-0.05, 0) is 59.7 Å². The lowest BCUT2D eigenvalue weighted by atomic mass is 9.99. The van der Waals surface area contributed by atoms with Crippen LogP contribution in [-0.2, 0) is 12.8 Å². The van der Waals surface area contributed by atoms with Crippen LogP contribution in [0.1, 0.15) is 21.5 Å². The SMILES string of the molecule is COc1ccc(CCOc2cccc(-c3cccc(CC(=O)c4ccc5[nH]ccc5c4)c3)n2)cc1OC. The molecule has 0 unspecified atom stereocenters. The Balaban J connectivity index is 1.24. The Morgan fingerprint density at radius 3 is 2.57 bits per heavy atom. The van der Waals surface area contributed by atoms with Crippen LogP contribution in [0.15, 0.2) is 91.1 Å². The van der Waals surface area contributed by atoms with Crippen LogP contribution in [0.2, 0.25) is 0 Å². The number of aromatic nitrogens is 2. The van der Waals surface area contributed by atoms with Crippen molar-refractivity contribution in [3.63, 3.8) is 0 Å². The monoisotopic (exact) mass is 492 g/mol. The van der Waals surface area contributed by atoms with E-state index in [1.165, 1.54) is 0 Å². The standard InChI is InChI=1S/C31H28N2O4/c1-35-29-12-9-21(19-30(29)36-2)14-16-37-31-8-4-7-27(33-31)23-6-3-5-22(17-23)18-28(34)25-10-11-26-24(20-25)13-15-32-26/h3-13,15,17,19-20,32H,14,16,18H2,1-2H3. The van der Waals surface area contributed by atoms with Crippen molar-refractivity contribution in [2.75, 3.05) is 20.8 Å². The van der Waals surface area contributed by atoms with Gasteiger partial charge in [-0.2, -0.15) is 0 Å². The number of nitrogens with zero attached hydrogens (tertiary/aromatic N) is 1. The number of carbonyl (C=O) groups is 1. The van der Waals surface area contributed by atoms with Crippen LogP contribution < -0.4 is 14.2 Å². The summed E-state index contributed by atoms with van der Waals surface area (Å²) >= 11 is 0. The van der Waals surface area contributed by atoms with Gasteiger partial charge in [0.1, 0.15) is 0 Å². The third kappa shape index (κ3) is 5.64. The Morgan fingerprint density at radius 1 is 0.838 bits per heavy atom. The smallest absolute Gasteiger partial charge is 0.213 e. The van der Waals surface area contributed by atoms with Crippen molar-refractivity contribution >= 4 is 16.7 Å². The van der Waals surface area contributed by atoms with Gasteiger partial charge in [0.25, 0.3) is 0 Å². The van der Waals surface area contributed by atoms with Crippen LogP contribution in [0.3, 0.4) is 0 Å². The Hall–Kier alpha value is -4.58. The molecule has 5 rings (SSSR count). The van der Waals surface area contributed by atoms with Gasteiger partial charge in [-0.3, -0.25) is 4.79 Å². The highest BCUT2D eigenvalue weighted by Crippen LogP contribution is 2.28. The number of H-pyrrole nitrogens is 1. The molecule has 6 nitrogen and oxygen atoms in total. The van der Waals surface area contributed by atoms with E-state index in [1.54, 1.807) is 14.2 Å². The number of methoxy groups -OCH3 is 2. The van der Waals surface area contributed by atoms with Crippen LogP contribution in [0.25, 0.3) is 22.2 Å². The first kappa shape index (κ1) is 24.1. The number of ketones is 1. The van der Waals surface area contributed by atoms with Gasteiger partial charge in [0.15, 0.2) is 17.3 Å². The molecule has 186 valence electrons. The maximum absolute atomic E-state index is 12.9. The molecule has 37 heavy (non-hydrogen) atoms. The number of ether oxygens (including phenoxy) is 3. The van der Waals surface area contributed by atoms with Crippen LogP contribution in [0.4, 0.5) is 0 Å². The Labute approximate surface area is 215 Å². The van der Waals surface area contributed by atoms with Gasteiger partial charge in [-0.1, -0.05) is 30.3 Å². The summed E-state index contributed by atoms with van der Waals surface area (Å²) in [7, 11) is 3.25. The van der Waals surface area contributed by atoms with Crippen molar-refractivity contribution in [2.45, 2.75) is 12.8 Å². The number of carbonyl (C=O) groups excluding carboxylic acids is 1. The van der Waals surface area contributed by atoms with Crippen molar-refractivity contribution in [1.29, 1.82) is 0 Å². The van der Waals surface area contributed by atoms with E-state index in [0.717, 1.165) is 33.3 Å². The average Bonchev–Trinajstić information content (AvgIpc) is 3.41. The van der Waals surface area contributed by atoms with Gasteiger partial charge < -0.3 is 19.2 Å². The van der Waals surface area contributed by atoms with Gasteiger partial charge in [-0.15, -0.1) is 0 Å². The fraction of sp³-hybridized carbons (Fsp3) is 0.161. The maximum Gasteiger partial charge on any atom is 0.213 e. The lowest BCUT2D eigenvalue weighted by molar-refractivity contribution is 0.0993. The molecule has 0 radical (unpaired) electrons. The summed E-state index contributed by atoms with van der Waals surface area (Å²) in [6, 6.07) is 27.2. The molecule has 2 aromatic heterocycles. The van der Waals surface area contributed by atoms with Crippen LogP contribution in [0.5, 0.6) is 17.4 Å². The molecule has 3 aromatic carbocycles. The largest absolute Gasteiger partial charge is 0.493 e. The fourth-order valence-electron chi connectivity index (χ4n) is 4.32. The minimum atomic E-state index is 0.0838. The zero-order valence-electron chi connectivity index (χ0n) is 20.9. The molecular weight excluding hydrogens is 464 g/mol. The van der Waals surface area contributed by atoms with E-state index in [1.807, 2.05) is 91.1 Å². The van der Waals surface area contributed by atoms with Crippen molar-refractivity contribution in [2.24, 2.45) is 0 Å². The molecule has 0 spiro atoms. The second kappa shape index (κ2) is 11.0. The number of rotatable bonds is 10. The second-order valence-corrected chi connectivity index (χ2v) is 8.73. The zero-order chi connectivity index (χ0) is 25.6. The van der Waals surface area contributed by atoms with Crippen molar-refractivity contribution in [3.05, 3.63) is 108 Å². The van der Waals surface area contributed by atoms with E-state index >= 15 is 0 Å². The van der Waals surface area contributed by atoms with E-state index in [-0.39, 0.29) is 5.78 Å². The molecule has 5 aromatic rings. The number of benzene rings is 3. The first-order valence-electron chi connectivity index (χ1n) is 12.1. The number of Topliss-reactive ketones (excluding diaryl/α,β-unsaturated/α-hetero) is 1. The average molecular weight is 493 g/mol. The van der Waals surface area contributed by atoms with Crippen molar-refractivity contribution < 1.29 is 19.0 Å². The summed E-state index contributed by atoms with van der Waals surface area (Å²) in [5.74, 6) is 2.04. The van der Waals surface area contributed by atoms with Gasteiger partial charge in [-0.25, -0.2) is 4.98 Å². The molecule has 0 aliphatic heterocycles. The third-order valence-electron chi connectivity index (χ3n) is 6.27. The molecule has 0 bridgehead atoms. The van der Waals surface area contributed by atoms with Gasteiger partial charge in [0.2, 0.25) is 5.88 Å². The molecule has 0 atom stereocenters. The molecule has 0 saturated heterocycles. The van der Waals surface area contributed by atoms with Crippen molar-refractivity contribution in [1.82, 2.24) is 9.97 Å². The Morgan fingerprint density at radius 2 is 1.70 bits per heavy atom. The summed E-state index contributed by atoms with van der Waals surface area (Å²) in [4.78, 5) is 20.8. The van der Waals surface area contributed by atoms with Gasteiger partial charge in [0, 0.05) is 47.1 Å². The van der Waals surface area contributed by atoms with Crippen LogP contribution in [0, 0.1) is 0 Å². The minimum Gasteiger partial charge on any atom is -0.493 e. The summed E-state index contributed by atoms with van der Waals surface area (Å²) < 4.78 is 16.6. The number of nitrogens with one attached hydrogen (secondary N) is 1. The van der Waals surface area contributed by atoms with Gasteiger partial charge in [0.05, 0.1) is 26.5 Å². The molecule has 2 heterocycles. The highest BCUT2D eigenvalue weighted by Gasteiger charge is 2.11. The first-order valence-corrected chi connectivity index (χ1v) is 12.1. The predicted molar refractivity (Wildman–Crippen MR) is 145 cm³/mol. The van der Waals surface area contributed by atoms with Crippen LogP contribution in [-0.4, -0.2) is 36.6 Å². The lowest BCUT2D eigenvalue weighted by Gasteiger charge is -2.11. The molecule has 0 aliphatic carbocycles. The van der Waals surface area contributed by atoms with E-state index in [0.29, 0.717) is 42.4 Å². The third-order valence-corrected chi connectivity index (χ3v) is 6.27. The second-order valence-electron chi connectivity index (χ2n) is 8.73. The summed E-state index contributed by atoms with van der Waals surface area (Å²) in [5, 5.41) is 1.03. The van der Waals surface area contributed by atoms with Crippen molar-refractivity contribution in [3.8, 4) is 28.6 Å². The molecule has 0 amide bonds. The summed E-state index contributed by atoms with van der Waals surface area (Å²) in [5.41, 5.74) is 5.50. The quantitative estimate of drug-likeness (QED) is 0.232. The number of fused-ring (bicyclic) bond motifs is 1. The molecule has 0 fully saturated rings. The molecule has 0 aliphatic rings. The Bertz CT molecular complexity index is 1540. The van der Waals surface area contributed by atoms with E-state index < -0.39 is 0 Å². The molecule has 0 saturated carbocycles. The topological polar surface area (TPSA) is 73.4 Å². The highest BCUT2D eigenvalue weighted by molar-refractivity contribution is 6.00. The normalized spacial score (nSPS) is 10.9. The number of pyridine rings is 1. The molecular formula is C31H28N2O4. The predicted octanol–water partition coefficient (Wildman–Crippen LogP) is 6.29. The fourth-order valence-corrected chi connectivity index (χ4v) is 4.32. The van der Waals surface area contributed by atoms with E-state index in [4.69, 9.17) is 14.2 Å². The van der Waals surface area contributed by atoms with E-state index in [9.17, 15) is 4.79 Å². The molecule has 1 N–H and O–H groups in total. The number of hydrogen-bond donors (Lipinski definition) is 1. The Kier molecular flexibility index (Phi) is 7.17.